The second kappa shape index (κ2) is 9.05. The lowest BCUT2D eigenvalue weighted by atomic mass is 10.2. The van der Waals surface area contributed by atoms with E-state index >= 15 is 0 Å². The van der Waals surface area contributed by atoms with Crippen molar-refractivity contribution in [1.82, 2.24) is 24.8 Å². The number of likely N-dealkylation sites (N-methyl/N-ethyl adjacent to an activating group) is 1. The first-order chi connectivity index (χ1) is 12.6. The first-order valence-corrected chi connectivity index (χ1v) is 9.61. The van der Waals surface area contributed by atoms with Crippen LogP contribution in [0.25, 0.3) is 11.5 Å². The molecule has 0 saturated carbocycles. The number of piperazine rings is 1. The summed E-state index contributed by atoms with van der Waals surface area (Å²) in [6.45, 7) is 10.1. The number of pyridine rings is 1. The fourth-order valence-electron chi connectivity index (χ4n) is 3.13. The highest BCUT2D eigenvalue weighted by Crippen LogP contribution is 2.17. The predicted molar refractivity (Wildman–Crippen MR) is 106 cm³/mol. The van der Waals surface area contributed by atoms with Gasteiger partial charge >= 0.3 is 0 Å². The van der Waals surface area contributed by atoms with Gasteiger partial charge in [0.25, 0.3) is 0 Å². The minimum absolute atomic E-state index is 0.367. The topological polar surface area (TPSA) is 57.2 Å². The smallest absolute Gasteiger partial charge is 0.180 e. The highest BCUT2D eigenvalue weighted by atomic mass is 15.2. The Bertz CT molecular complexity index is 682. The van der Waals surface area contributed by atoms with Crippen LogP contribution in [0.15, 0.2) is 30.5 Å². The summed E-state index contributed by atoms with van der Waals surface area (Å²) in [6.07, 6.45) is 3.77. The maximum Gasteiger partial charge on any atom is 0.180 e. The zero-order chi connectivity index (χ0) is 18.4. The Morgan fingerprint density at radius 3 is 2.65 bits per heavy atom. The Morgan fingerprint density at radius 2 is 1.96 bits per heavy atom. The average Bonchev–Trinajstić information content (AvgIpc) is 2.68. The van der Waals surface area contributed by atoms with E-state index in [4.69, 9.17) is 4.98 Å². The third-order valence-corrected chi connectivity index (χ3v) is 4.90. The molecule has 0 bridgehead atoms. The van der Waals surface area contributed by atoms with Crippen molar-refractivity contribution in [3.63, 3.8) is 0 Å². The number of aromatic nitrogens is 3. The van der Waals surface area contributed by atoms with E-state index in [1.807, 2.05) is 18.2 Å². The molecule has 1 fully saturated rings. The van der Waals surface area contributed by atoms with Gasteiger partial charge in [0, 0.05) is 56.7 Å². The molecule has 0 radical (unpaired) electrons. The quantitative estimate of drug-likeness (QED) is 0.825. The Kier molecular flexibility index (Phi) is 6.52. The van der Waals surface area contributed by atoms with Crippen molar-refractivity contribution < 1.29 is 0 Å². The van der Waals surface area contributed by atoms with Crippen LogP contribution in [-0.2, 0) is 6.42 Å². The lowest BCUT2D eigenvalue weighted by molar-refractivity contribution is 0.151. The molecule has 0 aliphatic carbocycles. The van der Waals surface area contributed by atoms with Gasteiger partial charge < -0.3 is 15.1 Å². The third-order valence-electron chi connectivity index (χ3n) is 4.90. The molecule has 1 unspecified atom stereocenters. The zero-order valence-corrected chi connectivity index (χ0v) is 16.1. The Balaban J connectivity index is 1.61. The molecule has 2 aromatic rings. The van der Waals surface area contributed by atoms with E-state index < -0.39 is 0 Å². The van der Waals surface area contributed by atoms with Crippen LogP contribution in [0.4, 0.5) is 5.82 Å². The van der Waals surface area contributed by atoms with Crippen molar-refractivity contribution in [2.24, 2.45) is 0 Å². The second-order valence-corrected chi connectivity index (χ2v) is 7.12. The highest BCUT2D eigenvalue weighted by Gasteiger charge is 2.15. The van der Waals surface area contributed by atoms with Gasteiger partial charge in [-0.1, -0.05) is 13.0 Å². The summed E-state index contributed by atoms with van der Waals surface area (Å²) < 4.78 is 0. The molecular formula is C20H30N6. The summed E-state index contributed by atoms with van der Waals surface area (Å²) >= 11 is 0. The largest absolute Gasteiger partial charge is 0.367 e. The van der Waals surface area contributed by atoms with Gasteiger partial charge in [-0.25, -0.2) is 9.97 Å². The summed E-state index contributed by atoms with van der Waals surface area (Å²) in [5.41, 5.74) is 1.85. The number of nitrogens with one attached hydrogen (secondary N) is 1. The van der Waals surface area contributed by atoms with Crippen LogP contribution >= 0.6 is 0 Å². The summed E-state index contributed by atoms with van der Waals surface area (Å²) in [7, 11) is 2.20. The van der Waals surface area contributed by atoms with E-state index in [0.717, 1.165) is 36.6 Å². The maximum absolute atomic E-state index is 4.69. The molecule has 140 valence electrons. The number of rotatable bonds is 7. The molecule has 1 aliphatic rings. The number of hydrogen-bond acceptors (Lipinski definition) is 6. The van der Waals surface area contributed by atoms with E-state index in [1.54, 1.807) is 6.20 Å². The van der Waals surface area contributed by atoms with Crippen molar-refractivity contribution in [3.05, 3.63) is 36.2 Å². The van der Waals surface area contributed by atoms with Gasteiger partial charge in [-0.2, -0.15) is 0 Å². The summed E-state index contributed by atoms with van der Waals surface area (Å²) in [4.78, 5) is 18.6. The molecule has 2 aromatic heterocycles. The number of hydrogen-bond donors (Lipinski definition) is 1. The fourth-order valence-corrected chi connectivity index (χ4v) is 3.13. The van der Waals surface area contributed by atoms with E-state index in [2.05, 4.69) is 52.0 Å². The first kappa shape index (κ1) is 18.7. The number of aryl methyl sites for hydroxylation is 1. The van der Waals surface area contributed by atoms with Crippen molar-refractivity contribution in [1.29, 1.82) is 0 Å². The fraction of sp³-hybridized carbons (Fsp3) is 0.550. The van der Waals surface area contributed by atoms with Crippen LogP contribution < -0.4 is 5.32 Å². The van der Waals surface area contributed by atoms with Gasteiger partial charge in [-0.15, -0.1) is 0 Å². The zero-order valence-electron chi connectivity index (χ0n) is 16.1. The number of nitrogens with zero attached hydrogens (tertiary/aromatic N) is 5. The van der Waals surface area contributed by atoms with Gasteiger partial charge in [-0.05, 0) is 38.9 Å². The average molecular weight is 355 g/mol. The van der Waals surface area contributed by atoms with Crippen LogP contribution in [0.1, 0.15) is 26.0 Å². The van der Waals surface area contributed by atoms with Crippen LogP contribution in [0.5, 0.6) is 0 Å². The molecule has 1 atom stereocenters. The molecule has 6 heteroatoms. The highest BCUT2D eigenvalue weighted by molar-refractivity contribution is 5.53. The van der Waals surface area contributed by atoms with Crippen LogP contribution in [-0.4, -0.2) is 70.6 Å². The normalized spacial score (nSPS) is 17.2. The minimum atomic E-state index is 0.367. The number of anilines is 1. The van der Waals surface area contributed by atoms with Crippen molar-refractivity contribution >= 4 is 5.82 Å². The first-order valence-electron chi connectivity index (χ1n) is 9.61. The van der Waals surface area contributed by atoms with Crippen molar-refractivity contribution in [2.45, 2.75) is 32.7 Å². The Hall–Kier alpha value is -2.05. The SMILES string of the molecule is CCc1cc(NC(C)CCN2CCN(C)CC2)nc(-c2ccccn2)n1. The molecule has 6 nitrogen and oxygen atoms in total. The van der Waals surface area contributed by atoms with Crippen LogP contribution in [0, 0.1) is 0 Å². The van der Waals surface area contributed by atoms with E-state index in [-0.39, 0.29) is 0 Å². The van der Waals surface area contributed by atoms with Crippen molar-refractivity contribution in [2.75, 3.05) is 45.1 Å². The second-order valence-electron chi connectivity index (χ2n) is 7.12. The van der Waals surface area contributed by atoms with E-state index in [1.165, 1.54) is 26.2 Å². The lowest BCUT2D eigenvalue weighted by Gasteiger charge is -2.33. The molecule has 0 spiro atoms. The molecule has 1 aliphatic heterocycles. The van der Waals surface area contributed by atoms with E-state index in [9.17, 15) is 0 Å². The molecular weight excluding hydrogens is 324 g/mol. The van der Waals surface area contributed by atoms with E-state index in [0.29, 0.717) is 11.9 Å². The summed E-state index contributed by atoms with van der Waals surface area (Å²) in [6, 6.07) is 8.25. The predicted octanol–water partition coefficient (Wildman–Crippen LogP) is 2.54. The van der Waals surface area contributed by atoms with Gasteiger partial charge in [0.15, 0.2) is 5.82 Å². The summed E-state index contributed by atoms with van der Waals surface area (Å²) in [5.74, 6) is 1.59. The molecule has 0 aromatic carbocycles. The minimum Gasteiger partial charge on any atom is -0.367 e. The molecule has 1 N–H and O–H groups in total. The maximum atomic E-state index is 4.69. The molecule has 1 saturated heterocycles. The van der Waals surface area contributed by atoms with Crippen LogP contribution in [0.2, 0.25) is 0 Å². The summed E-state index contributed by atoms with van der Waals surface area (Å²) in [5, 5.41) is 3.56. The molecule has 3 heterocycles. The standard InChI is InChI=1S/C20H30N6/c1-4-17-15-19(24-20(23-17)18-7-5-6-9-21-18)22-16(2)8-10-26-13-11-25(3)12-14-26/h5-7,9,15-16H,4,8,10-14H2,1-3H3,(H,22,23,24). The Morgan fingerprint density at radius 1 is 1.15 bits per heavy atom. The van der Waals surface area contributed by atoms with Crippen molar-refractivity contribution in [3.8, 4) is 11.5 Å². The third kappa shape index (κ3) is 5.22. The molecule has 0 amide bonds. The monoisotopic (exact) mass is 354 g/mol. The van der Waals surface area contributed by atoms with Gasteiger partial charge in [0.05, 0.1) is 0 Å². The van der Waals surface area contributed by atoms with Crippen LogP contribution in [0.3, 0.4) is 0 Å². The Labute approximate surface area is 156 Å². The molecule has 3 rings (SSSR count). The van der Waals surface area contributed by atoms with Gasteiger partial charge in [0.2, 0.25) is 0 Å². The molecule has 26 heavy (non-hydrogen) atoms. The van der Waals surface area contributed by atoms with Gasteiger partial charge in [0.1, 0.15) is 11.5 Å². The van der Waals surface area contributed by atoms with Gasteiger partial charge in [-0.3, -0.25) is 4.98 Å². The lowest BCUT2D eigenvalue weighted by Crippen LogP contribution is -2.45.